The summed E-state index contributed by atoms with van der Waals surface area (Å²) >= 11 is 6.11. The van der Waals surface area contributed by atoms with Crippen LogP contribution in [0.5, 0.6) is 5.75 Å². The fraction of sp³-hybridized carbons (Fsp3) is 0.211. The summed E-state index contributed by atoms with van der Waals surface area (Å²) in [6, 6.07) is 12.6. The fourth-order valence-electron chi connectivity index (χ4n) is 2.35. The molecule has 0 aliphatic heterocycles. The van der Waals surface area contributed by atoms with Gasteiger partial charge in [-0.25, -0.2) is 4.39 Å². The van der Waals surface area contributed by atoms with Gasteiger partial charge in [0.1, 0.15) is 11.6 Å². The molecule has 0 saturated heterocycles. The normalized spacial score (nSPS) is 11.8. The quantitative estimate of drug-likeness (QED) is 0.660. The fourth-order valence-corrected chi connectivity index (χ4v) is 2.58. The van der Waals surface area contributed by atoms with Crippen molar-refractivity contribution < 1.29 is 18.4 Å². The molecule has 0 spiro atoms. The Kier molecular flexibility index (Phi) is 6.03. The molecule has 0 fully saturated rings. The Bertz CT molecular complexity index is 915. The summed E-state index contributed by atoms with van der Waals surface area (Å²) in [7, 11) is 0. The second-order valence-electron chi connectivity index (χ2n) is 5.68. The number of ether oxygens (including phenoxy) is 1. The lowest BCUT2D eigenvalue weighted by molar-refractivity contribution is -0.128. The first kappa shape index (κ1) is 18.8. The van der Waals surface area contributed by atoms with Crippen LogP contribution in [0.15, 0.2) is 53.1 Å². The molecule has 0 aliphatic carbocycles. The number of aromatic nitrogens is 2. The largest absolute Gasteiger partial charge is 0.481 e. The highest BCUT2D eigenvalue weighted by atomic mass is 35.5. The van der Waals surface area contributed by atoms with Crippen molar-refractivity contribution in [2.45, 2.75) is 26.0 Å². The molecule has 1 aromatic heterocycles. The molecule has 3 aromatic rings. The van der Waals surface area contributed by atoms with Gasteiger partial charge < -0.3 is 14.6 Å². The van der Waals surface area contributed by atoms with E-state index in [1.807, 2.05) is 13.0 Å². The standard InChI is InChI=1S/C19H17ClFN3O3/c1-2-16(26-13-9-7-12(21)8-10-13)19(25)22-11-17-23-18(24-27-17)14-5-3-4-6-15(14)20/h3-10,16H,2,11H2,1H3,(H,22,25). The van der Waals surface area contributed by atoms with Crippen LogP contribution >= 0.6 is 11.6 Å². The topological polar surface area (TPSA) is 77.2 Å². The summed E-state index contributed by atoms with van der Waals surface area (Å²) in [5, 5.41) is 7.08. The highest BCUT2D eigenvalue weighted by molar-refractivity contribution is 6.33. The third-order valence-electron chi connectivity index (χ3n) is 3.75. The van der Waals surface area contributed by atoms with Crippen LogP contribution in [0.25, 0.3) is 11.4 Å². The van der Waals surface area contributed by atoms with E-state index in [1.165, 1.54) is 24.3 Å². The lowest BCUT2D eigenvalue weighted by Gasteiger charge is -2.16. The van der Waals surface area contributed by atoms with Crippen molar-refractivity contribution in [1.82, 2.24) is 15.5 Å². The van der Waals surface area contributed by atoms with E-state index in [2.05, 4.69) is 15.5 Å². The van der Waals surface area contributed by atoms with Gasteiger partial charge in [-0.3, -0.25) is 4.79 Å². The summed E-state index contributed by atoms with van der Waals surface area (Å²) in [4.78, 5) is 16.6. The lowest BCUT2D eigenvalue weighted by atomic mass is 10.2. The van der Waals surface area contributed by atoms with Crippen molar-refractivity contribution in [1.29, 1.82) is 0 Å². The van der Waals surface area contributed by atoms with Gasteiger partial charge in [-0.05, 0) is 42.8 Å². The van der Waals surface area contributed by atoms with Gasteiger partial charge in [0.05, 0.1) is 11.6 Å². The Hall–Kier alpha value is -2.93. The Labute approximate surface area is 160 Å². The average Bonchev–Trinajstić information content (AvgIpc) is 3.15. The van der Waals surface area contributed by atoms with Crippen molar-refractivity contribution in [2.75, 3.05) is 0 Å². The van der Waals surface area contributed by atoms with Crippen LogP contribution < -0.4 is 10.1 Å². The van der Waals surface area contributed by atoms with Crippen LogP contribution in [0, 0.1) is 5.82 Å². The smallest absolute Gasteiger partial charge is 0.261 e. The van der Waals surface area contributed by atoms with E-state index < -0.39 is 6.10 Å². The zero-order valence-electron chi connectivity index (χ0n) is 14.5. The molecule has 1 atom stereocenters. The van der Waals surface area contributed by atoms with Gasteiger partial charge in [0.15, 0.2) is 6.10 Å². The maximum absolute atomic E-state index is 13.0. The predicted octanol–water partition coefficient (Wildman–Crippen LogP) is 4.00. The van der Waals surface area contributed by atoms with Crippen molar-refractivity contribution in [3.05, 3.63) is 65.3 Å². The number of carbonyl (C=O) groups is 1. The van der Waals surface area contributed by atoms with E-state index in [0.717, 1.165) is 0 Å². The first-order valence-electron chi connectivity index (χ1n) is 8.34. The number of nitrogens with one attached hydrogen (secondary N) is 1. The summed E-state index contributed by atoms with van der Waals surface area (Å²) in [6.07, 6.45) is -0.279. The van der Waals surface area contributed by atoms with Crippen molar-refractivity contribution in [3.8, 4) is 17.1 Å². The van der Waals surface area contributed by atoms with Crippen LogP contribution in [-0.4, -0.2) is 22.2 Å². The Morgan fingerprint density at radius 3 is 2.70 bits per heavy atom. The molecule has 1 heterocycles. The zero-order chi connectivity index (χ0) is 19.2. The van der Waals surface area contributed by atoms with Crippen LogP contribution in [0.3, 0.4) is 0 Å². The minimum Gasteiger partial charge on any atom is -0.481 e. The number of benzene rings is 2. The van der Waals surface area contributed by atoms with Gasteiger partial charge in [-0.1, -0.05) is 35.8 Å². The van der Waals surface area contributed by atoms with E-state index in [-0.39, 0.29) is 24.2 Å². The van der Waals surface area contributed by atoms with E-state index in [1.54, 1.807) is 18.2 Å². The number of amides is 1. The summed E-state index contributed by atoms with van der Waals surface area (Å²) in [5.74, 6) is 0.302. The molecule has 140 valence electrons. The SMILES string of the molecule is CCC(Oc1ccc(F)cc1)C(=O)NCc1nc(-c2ccccc2Cl)no1. The number of carbonyl (C=O) groups excluding carboxylic acids is 1. The zero-order valence-corrected chi connectivity index (χ0v) is 15.2. The molecule has 27 heavy (non-hydrogen) atoms. The highest BCUT2D eigenvalue weighted by Crippen LogP contribution is 2.24. The Morgan fingerprint density at radius 1 is 1.26 bits per heavy atom. The molecule has 0 bridgehead atoms. The molecule has 0 radical (unpaired) electrons. The summed E-state index contributed by atoms with van der Waals surface area (Å²) in [6.45, 7) is 1.87. The first-order chi connectivity index (χ1) is 13.1. The van der Waals surface area contributed by atoms with Crippen molar-refractivity contribution >= 4 is 17.5 Å². The number of halogens is 2. The van der Waals surface area contributed by atoms with Gasteiger partial charge >= 0.3 is 0 Å². The minimum atomic E-state index is -0.721. The maximum atomic E-state index is 13.0. The van der Waals surface area contributed by atoms with Crippen LogP contribution in [0.4, 0.5) is 4.39 Å². The molecule has 0 aliphatic rings. The predicted molar refractivity (Wildman–Crippen MR) is 97.7 cm³/mol. The molecule has 3 rings (SSSR count). The summed E-state index contributed by atoms with van der Waals surface area (Å²) < 4.78 is 23.7. The number of hydrogen-bond donors (Lipinski definition) is 1. The summed E-state index contributed by atoms with van der Waals surface area (Å²) in [5.41, 5.74) is 0.645. The molecule has 0 saturated carbocycles. The Morgan fingerprint density at radius 2 is 2.00 bits per heavy atom. The molecular weight excluding hydrogens is 373 g/mol. The van der Waals surface area contributed by atoms with E-state index in [4.69, 9.17) is 20.9 Å². The van der Waals surface area contributed by atoms with Gasteiger partial charge in [0.2, 0.25) is 11.7 Å². The second kappa shape index (κ2) is 8.64. The molecule has 2 aromatic carbocycles. The van der Waals surface area contributed by atoms with E-state index >= 15 is 0 Å². The third-order valence-corrected chi connectivity index (χ3v) is 4.08. The number of hydrogen-bond acceptors (Lipinski definition) is 5. The third kappa shape index (κ3) is 4.83. The van der Waals surface area contributed by atoms with E-state index in [9.17, 15) is 9.18 Å². The molecular formula is C19H17ClFN3O3. The van der Waals surface area contributed by atoms with Crippen molar-refractivity contribution in [3.63, 3.8) is 0 Å². The molecule has 1 amide bonds. The van der Waals surface area contributed by atoms with E-state index in [0.29, 0.717) is 28.6 Å². The number of rotatable bonds is 7. The Balaban J connectivity index is 1.59. The minimum absolute atomic E-state index is 0.0551. The molecule has 1 N–H and O–H groups in total. The van der Waals surface area contributed by atoms with Crippen LogP contribution in [0.2, 0.25) is 5.02 Å². The molecule has 6 nitrogen and oxygen atoms in total. The molecule has 1 unspecified atom stereocenters. The van der Waals surface area contributed by atoms with Gasteiger partial charge in [-0.15, -0.1) is 0 Å². The van der Waals surface area contributed by atoms with Crippen LogP contribution in [0.1, 0.15) is 19.2 Å². The second-order valence-corrected chi connectivity index (χ2v) is 6.09. The average molecular weight is 390 g/mol. The monoisotopic (exact) mass is 389 g/mol. The lowest BCUT2D eigenvalue weighted by Crippen LogP contribution is -2.37. The molecule has 8 heteroatoms. The first-order valence-corrected chi connectivity index (χ1v) is 8.72. The van der Waals surface area contributed by atoms with Gasteiger partial charge in [-0.2, -0.15) is 4.98 Å². The highest BCUT2D eigenvalue weighted by Gasteiger charge is 2.19. The van der Waals surface area contributed by atoms with Crippen molar-refractivity contribution in [2.24, 2.45) is 0 Å². The van der Waals surface area contributed by atoms with Gasteiger partial charge in [0.25, 0.3) is 5.91 Å². The van der Waals surface area contributed by atoms with Crippen LogP contribution in [-0.2, 0) is 11.3 Å². The maximum Gasteiger partial charge on any atom is 0.261 e. The number of nitrogens with zero attached hydrogens (tertiary/aromatic N) is 2. The van der Waals surface area contributed by atoms with Gasteiger partial charge in [0, 0.05) is 5.56 Å².